The molecule has 2 aromatic rings. The number of nitrogens with one attached hydrogen (secondary N) is 1. The largest absolute Gasteiger partial charge is 0.353 e. The normalized spacial score (nSPS) is 24.1. The van der Waals surface area contributed by atoms with Gasteiger partial charge in [-0.05, 0) is 81.9 Å². The van der Waals surface area contributed by atoms with Gasteiger partial charge in [-0.25, -0.2) is 0 Å². The summed E-state index contributed by atoms with van der Waals surface area (Å²) in [6.45, 7) is 1.10. The number of carbonyl (C=O) groups excluding carboxylic acids is 1. The molecule has 0 aromatic heterocycles. The molecule has 1 N–H and O–H groups in total. The first kappa shape index (κ1) is 23.8. The van der Waals surface area contributed by atoms with Gasteiger partial charge in [0, 0.05) is 25.2 Å². The zero-order valence-corrected chi connectivity index (χ0v) is 20.4. The maximum absolute atomic E-state index is 12.3. The highest BCUT2D eigenvalue weighted by Crippen LogP contribution is 2.42. The molecule has 33 heavy (non-hydrogen) atoms. The molecule has 178 valence electrons. The minimum absolute atomic E-state index is 0.142. The SMILES string of the molecule is CN(C)CCCCCC(=O)NC1CCC(C2OC2N(C)c2ccc(-c3ccccc3)cc2)C1. The highest BCUT2D eigenvalue weighted by atomic mass is 16.6. The van der Waals surface area contributed by atoms with E-state index in [2.05, 4.69) is 84.8 Å². The van der Waals surface area contributed by atoms with Gasteiger partial charge >= 0.3 is 0 Å². The van der Waals surface area contributed by atoms with E-state index in [9.17, 15) is 4.79 Å². The summed E-state index contributed by atoms with van der Waals surface area (Å²) in [6, 6.07) is 19.5. The summed E-state index contributed by atoms with van der Waals surface area (Å²) >= 11 is 0. The van der Waals surface area contributed by atoms with Crippen LogP contribution in [0.1, 0.15) is 44.9 Å². The quantitative estimate of drug-likeness (QED) is 0.391. The zero-order chi connectivity index (χ0) is 23.2. The summed E-state index contributed by atoms with van der Waals surface area (Å²) in [5, 5.41) is 3.27. The Morgan fingerprint density at radius 3 is 2.39 bits per heavy atom. The Balaban J connectivity index is 1.19. The third kappa shape index (κ3) is 6.58. The van der Waals surface area contributed by atoms with E-state index in [4.69, 9.17) is 4.74 Å². The van der Waals surface area contributed by atoms with E-state index in [0.717, 1.165) is 45.1 Å². The number of nitrogens with zero attached hydrogens (tertiary/aromatic N) is 2. The van der Waals surface area contributed by atoms with Crippen LogP contribution in [-0.4, -0.2) is 56.9 Å². The molecule has 1 saturated heterocycles. The first-order chi connectivity index (χ1) is 16.0. The molecule has 2 aliphatic rings. The van der Waals surface area contributed by atoms with Gasteiger partial charge < -0.3 is 19.9 Å². The molecule has 1 amide bonds. The van der Waals surface area contributed by atoms with Crippen molar-refractivity contribution in [2.45, 2.75) is 63.3 Å². The van der Waals surface area contributed by atoms with Crippen molar-refractivity contribution in [3.63, 3.8) is 0 Å². The molecular weight excluding hydrogens is 410 g/mol. The molecular formula is C28H39N3O2. The summed E-state index contributed by atoms with van der Waals surface area (Å²) in [7, 11) is 6.31. The Kier molecular flexibility index (Phi) is 8.05. The van der Waals surface area contributed by atoms with Gasteiger partial charge in [0.2, 0.25) is 5.91 Å². The topological polar surface area (TPSA) is 48.1 Å². The summed E-state index contributed by atoms with van der Waals surface area (Å²) < 4.78 is 6.11. The van der Waals surface area contributed by atoms with Gasteiger partial charge in [-0.1, -0.05) is 48.9 Å². The van der Waals surface area contributed by atoms with Gasteiger partial charge in [-0.15, -0.1) is 0 Å². The molecule has 5 heteroatoms. The average molecular weight is 450 g/mol. The highest BCUT2D eigenvalue weighted by Gasteiger charge is 2.49. The fourth-order valence-corrected chi connectivity index (χ4v) is 5.07. The average Bonchev–Trinajstić information content (AvgIpc) is 3.50. The van der Waals surface area contributed by atoms with Gasteiger partial charge in [-0.2, -0.15) is 0 Å². The fourth-order valence-electron chi connectivity index (χ4n) is 5.07. The van der Waals surface area contributed by atoms with Crippen LogP contribution in [0.2, 0.25) is 0 Å². The van der Waals surface area contributed by atoms with Gasteiger partial charge in [-0.3, -0.25) is 4.79 Å². The molecule has 1 aliphatic carbocycles. The third-order valence-electron chi connectivity index (χ3n) is 7.08. The minimum atomic E-state index is 0.142. The van der Waals surface area contributed by atoms with E-state index in [1.54, 1.807) is 0 Å². The highest BCUT2D eigenvalue weighted by molar-refractivity contribution is 5.76. The predicted molar refractivity (Wildman–Crippen MR) is 135 cm³/mol. The number of benzene rings is 2. The van der Waals surface area contributed by atoms with Crippen LogP contribution in [0.4, 0.5) is 5.69 Å². The van der Waals surface area contributed by atoms with Crippen LogP contribution in [0.25, 0.3) is 11.1 Å². The van der Waals surface area contributed by atoms with E-state index in [1.165, 1.54) is 16.8 Å². The van der Waals surface area contributed by atoms with Crippen molar-refractivity contribution in [3.8, 4) is 11.1 Å². The minimum Gasteiger partial charge on any atom is -0.353 e. The van der Waals surface area contributed by atoms with Gasteiger partial charge in [0.15, 0.2) is 6.23 Å². The molecule has 0 radical (unpaired) electrons. The van der Waals surface area contributed by atoms with Crippen molar-refractivity contribution in [2.75, 3.05) is 32.6 Å². The zero-order valence-electron chi connectivity index (χ0n) is 20.4. The monoisotopic (exact) mass is 449 g/mol. The van der Waals surface area contributed by atoms with Crippen molar-refractivity contribution in [2.24, 2.45) is 5.92 Å². The van der Waals surface area contributed by atoms with Crippen LogP contribution < -0.4 is 10.2 Å². The van der Waals surface area contributed by atoms with Crippen LogP contribution in [0.3, 0.4) is 0 Å². The second-order valence-electron chi connectivity index (χ2n) is 9.97. The Morgan fingerprint density at radius 1 is 0.939 bits per heavy atom. The number of epoxide rings is 1. The van der Waals surface area contributed by atoms with Crippen LogP contribution >= 0.6 is 0 Å². The maximum atomic E-state index is 12.3. The number of hydrogen-bond acceptors (Lipinski definition) is 4. The number of amides is 1. The van der Waals surface area contributed by atoms with E-state index in [1.807, 2.05) is 6.07 Å². The Labute approximate surface area is 199 Å². The van der Waals surface area contributed by atoms with Crippen LogP contribution in [0, 0.1) is 5.92 Å². The summed E-state index contributed by atoms with van der Waals surface area (Å²) in [6.07, 6.45) is 7.57. The summed E-state index contributed by atoms with van der Waals surface area (Å²) in [5.74, 6) is 0.751. The Morgan fingerprint density at radius 2 is 1.67 bits per heavy atom. The number of likely N-dealkylation sites (N-methyl/N-ethyl adjacent to an activating group) is 1. The molecule has 0 bridgehead atoms. The lowest BCUT2D eigenvalue weighted by molar-refractivity contribution is -0.121. The Bertz CT molecular complexity index is 884. The standard InChI is InChI=1S/C28H39N3O2/c1-30(2)19-9-5-8-12-26(32)29-24-16-13-23(20-24)27-28(33-27)31(3)25-17-14-22(15-18-25)21-10-6-4-7-11-21/h4,6-7,10-11,14-15,17-18,23-24,27-28H,5,8-9,12-13,16,19-20H2,1-3H3,(H,29,32). The van der Waals surface area contributed by atoms with Crippen molar-refractivity contribution in [3.05, 3.63) is 54.6 Å². The first-order valence-electron chi connectivity index (χ1n) is 12.5. The van der Waals surface area contributed by atoms with Crippen LogP contribution in [0.15, 0.2) is 54.6 Å². The van der Waals surface area contributed by atoms with Gasteiger partial charge in [0.05, 0.1) is 0 Å². The van der Waals surface area contributed by atoms with Gasteiger partial charge in [0.25, 0.3) is 0 Å². The molecule has 4 rings (SSSR count). The fraction of sp³-hybridized carbons (Fsp3) is 0.536. The smallest absolute Gasteiger partial charge is 0.220 e. The van der Waals surface area contributed by atoms with Crippen LogP contribution in [0.5, 0.6) is 0 Å². The predicted octanol–water partition coefficient (Wildman–Crippen LogP) is 4.92. The number of anilines is 1. The first-order valence-corrected chi connectivity index (χ1v) is 12.5. The van der Waals surface area contributed by atoms with Crippen LogP contribution in [-0.2, 0) is 9.53 Å². The molecule has 0 spiro atoms. The molecule has 4 unspecified atom stereocenters. The van der Waals surface area contributed by atoms with E-state index in [-0.39, 0.29) is 18.2 Å². The lowest BCUT2D eigenvalue weighted by Crippen LogP contribution is -2.33. The molecule has 1 heterocycles. The van der Waals surface area contributed by atoms with Crippen molar-refractivity contribution < 1.29 is 9.53 Å². The number of carbonyl (C=O) groups is 1. The van der Waals surface area contributed by atoms with Crippen molar-refractivity contribution >= 4 is 11.6 Å². The Hall–Kier alpha value is -2.37. The summed E-state index contributed by atoms with van der Waals surface area (Å²) in [5.41, 5.74) is 3.65. The second-order valence-corrected chi connectivity index (χ2v) is 9.97. The number of ether oxygens (including phenoxy) is 1. The second kappa shape index (κ2) is 11.2. The van der Waals surface area contributed by atoms with Gasteiger partial charge in [0.1, 0.15) is 6.10 Å². The maximum Gasteiger partial charge on any atom is 0.220 e. The molecule has 2 fully saturated rings. The number of hydrogen-bond donors (Lipinski definition) is 1. The van der Waals surface area contributed by atoms with E-state index >= 15 is 0 Å². The summed E-state index contributed by atoms with van der Waals surface area (Å²) in [4.78, 5) is 16.8. The van der Waals surface area contributed by atoms with E-state index < -0.39 is 0 Å². The molecule has 1 saturated carbocycles. The number of rotatable bonds is 11. The molecule has 5 nitrogen and oxygen atoms in total. The third-order valence-corrected chi connectivity index (χ3v) is 7.08. The number of unbranched alkanes of at least 4 members (excludes halogenated alkanes) is 2. The van der Waals surface area contributed by atoms with Crippen molar-refractivity contribution in [1.29, 1.82) is 0 Å². The van der Waals surface area contributed by atoms with E-state index in [0.29, 0.717) is 18.4 Å². The lowest BCUT2D eigenvalue weighted by atomic mass is 10.0. The molecule has 1 aliphatic heterocycles. The van der Waals surface area contributed by atoms with Crippen molar-refractivity contribution in [1.82, 2.24) is 10.2 Å². The lowest BCUT2D eigenvalue weighted by Gasteiger charge is -2.18. The molecule has 2 aromatic carbocycles. The molecule has 4 atom stereocenters.